The molecule has 0 unspecified atom stereocenters. The van der Waals surface area contributed by atoms with E-state index < -0.39 is 11.8 Å². The third-order valence-electron chi connectivity index (χ3n) is 6.38. The van der Waals surface area contributed by atoms with Gasteiger partial charge in [-0.15, -0.1) is 0 Å². The molecule has 0 bridgehead atoms. The number of hydrogen-bond acceptors (Lipinski definition) is 5. The van der Waals surface area contributed by atoms with Gasteiger partial charge in [-0.1, -0.05) is 29.8 Å². The predicted molar refractivity (Wildman–Crippen MR) is 120 cm³/mol. The van der Waals surface area contributed by atoms with Crippen LogP contribution in [0.2, 0.25) is 5.02 Å². The van der Waals surface area contributed by atoms with Crippen LogP contribution in [0.3, 0.4) is 0 Å². The SMILES string of the molecule is N#Cc1cc([C@@H]2CN3CCN(C(=O)c4cccc(-c5cn[nH]c5F)c4Cl)C[C@H]3CO2)ccc1F. The summed E-state index contributed by atoms with van der Waals surface area (Å²) in [6.45, 7) is 2.56. The second kappa shape index (κ2) is 9.14. The van der Waals surface area contributed by atoms with E-state index in [1.807, 2.05) is 6.07 Å². The lowest BCUT2D eigenvalue weighted by Crippen LogP contribution is -2.59. The van der Waals surface area contributed by atoms with Crippen molar-refractivity contribution in [3.8, 4) is 17.2 Å². The van der Waals surface area contributed by atoms with E-state index in [-0.39, 0.29) is 34.2 Å². The summed E-state index contributed by atoms with van der Waals surface area (Å²) in [5, 5.41) is 15.2. The first-order valence-electron chi connectivity index (χ1n) is 10.8. The van der Waals surface area contributed by atoms with Crippen LogP contribution >= 0.6 is 11.6 Å². The zero-order chi connectivity index (χ0) is 23.8. The monoisotopic (exact) mass is 483 g/mol. The van der Waals surface area contributed by atoms with Gasteiger partial charge in [-0.3, -0.25) is 14.8 Å². The number of carbonyl (C=O) groups excluding carboxylic acids is 1. The first-order valence-corrected chi connectivity index (χ1v) is 11.2. The quantitative estimate of drug-likeness (QED) is 0.613. The van der Waals surface area contributed by atoms with Crippen molar-refractivity contribution in [1.29, 1.82) is 5.26 Å². The van der Waals surface area contributed by atoms with E-state index in [1.165, 1.54) is 18.3 Å². The van der Waals surface area contributed by atoms with Gasteiger partial charge < -0.3 is 9.64 Å². The molecule has 0 aliphatic carbocycles. The molecule has 7 nitrogen and oxygen atoms in total. The lowest BCUT2D eigenvalue weighted by Gasteiger charge is -2.46. The summed E-state index contributed by atoms with van der Waals surface area (Å²) in [7, 11) is 0. The highest BCUT2D eigenvalue weighted by Gasteiger charge is 2.36. The second-order valence-electron chi connectivity index (χ2n) is 8.34. The van der Waals surface area contributed by atoms with Crippen LogP contribution in [0.5, 0.6) is 0 Å². The lowest BCUT2D eigenvalue weighted by atomic mass is 10.0. The minimum absolute atomic E-state index is 0.00175. The van der Waals surface area contributed by atoms with E-state index in [2.05, 4.69) is 15.1 Å². The van der Waals surface area contributed by atoms with Crippen LogP contribution in [-0.2, 0) is 4.74 Å². The number of nitrogens with one attached hydrogen (secondary N) is 1. The molecule has 2 aliphatic rings. The Morgan fingerprint density at radius 3 is 2.82 bits per heavy atom. The summed E-state index contributed by atoms with van der Waals surface area (Å²) in [5.74, 6) is -1.39. The molecular formula is C24H20ClF2N5O2. The molecule has 2 fully saturated rings. The fourth-order valence-corrected chi connectivity index (χ4v) is 4.84. The predicted octanol–water partition coefficient (Wildman–Crippen LogP) is 3.78. The molecule has 2 aromatic carbocycles. The Morgan fingerprint density at radius 2 is 2.06 bits per heavy atom. The topological polar surface area (TPSA) is 85.3 Å². The Morgan fingerprint density at radius 1 is 1.21 bits per heavy atom. The number of nitrogens with zero attached hydrogens (tertiary/aromatic N) is 4. The molecule has 2 atom stereocenters. The van der Waals surface area contributed by atoms with Crippen LogP contribution in [0.1, 0.15) is 27.6 Å². The van der Waals surface area contributed by atoms with Crippen molar-refractivity contribution in [1.82, 2.24) is 20.0 Å². The Labute approximate surface area is 199 Å². The summed E-state index contributed by atoms with van der Waals surface area (Å²) in [4.78, 5) is 17.3. The van der Waals surface area contributed by atoms with Gasteiger partial charge in [0.05, 0.1) is 46.7 Å². The van der Waals surface area contributed by atoms with Crippen LogP contribution in [0.25, 0.3) is 11.1 Å². The standard InChI is InChI=1S/C24H20ClF2N5O2/c25-22-17(19-10-29-30-23(19)27)2-1-3-18(22)24(33)32-7-6-31-12-21(34-13-16(31)11-32)14-4-5-20(26)15(8-14)9-28/h1-5,8,10,16,21H,6-7,11-13H2,(H,29,30)/t16-,21-/m0/s1. The molecule has 1 aromatic heterocycles. The third-order valence-corrected chi connectivity index (χ3v) is 6.78. The van der Waals surface area contributed by atoms with E-state index in [0.29, 0.717) is 43.9 Å². The third kappa shape index (κ3) is 4.05. The summed E-state index contributed by atoms with van der Waals surface area (Å²) >= 11 is 6.51. The number of piperazine rings is 1. The first kappa shape index (κ1) is 22.5. The molecule has 2 saturated heterocycles. The van der Waals surface area contributed by atoms with Crippen molar-refractivity contribution in [2.75, 3.05) is 32.8 Å². The summed E-state index contributed by atoms with van der Waals surface area (Å²) in [6.07, 6.45) is 1.06. The highest BCUT2D eigenvalue weighted by molar-refractivity contribution is 6.36. The maximum atomic E-state index is 14.0. The van der Waals surface area contributed by atoms with Gasteiger partial charge in [-0.25, -0.2) is 4.39 Å². The number of aromatic amines is 1. The van der Waals surface area contributed by atoms with Gasteiger partial charge in [0.1, 0.15) is 11.9 Å². The van der Waals surface area contributed by atoms with Crippen LogP contribution in [-0.4, -0.2) is 64.7 Å². The minimum Gasteiger partial charge on any atom is -0.370 e. The number of morpholine rings is 1. The molecule has 174 valence electrons. The number of aromatic nitrogens is 2. The van der Waals surface area contributed by atoms with Crippen LogP contribution in [0.15, 0.2) is 42.6 Å². The number of benzene rings is 2. The van der Waals surface area contributed by atoms with E-state index in [1.54, 1.807) is 29.2 Å². The summed E-state index contributed by atoms with van der Waals surface area (Å²) < 4.78 is 33.7. The fourth-order valence-electron chi connectivity index (χ4n) is 4.53. The summed E-state index contributed by atoms with van der Waals surface area (Å²) in [6, 6.07) is 11.3. The van der Waals surface area contributed by atoms with Crippen molar-refractivity contribution in [2.24, 2.45) is 0 Å². The molecule has 1 amide bonds. The molecule has 10 heteroatoms. The highest BCUT2D eigenvalue weighted by Crippen LogP contribution is 2.33. The van der Waals surface area contributed by atoms with Gasteiger partial charge in [0.25, 0.3) is 5.91 Å². The number of fused-ring (bicyclic) bond motifs is 1. The molecule has 0 spiro atoms. The molecule has 0 radical (unpaired) electrons. The molecule has 1 N–H and O–H groups in total. The van der Waals surface area contributed by atoms with Crippen molar-refractivity contribution in [2.45, 2.75) is 12.1 Å². The molecule has 34 heavy (non-hydrogen) atoms. The van der Waals surface area contributed by atoms with Crippen LogP contribution < -0.4 is 0 Å². The van der Waals surface area contributed by atoms with Gasteiger partial charge in [-0.2, -0.15) is 14.8 Å². The van der Waals surface area contributed by atoms with Gasteiger partial charge in [0, 0.05) is 31.7 Å². The van der Waals surface area contributed by atoms with Gasteiger partial charge in [0.15, 0.2) is 0 Å². The van der Waals surface area contributed by atoms with E-state index in [4.69, 9.17) is 21.6 Å². The maximum Gasteiger partial charge on any atom is 0.255 e. The first-order chi connectivity index (χ1) is 16.5. The zero-order valence-corrected chi connectivity index (χ0v) is 18.7. The number of rotatable bonds is 3. The van der Waals surface area contributed by atoms with Crippen molar-refractivity contribution < 1.29 is 18.3 Å². The van der Waals surface area contributed by atoms with Crippen molar-refractivity contribution >= 4 is 17.5 Å². The molecule has 2 aliphatic heterocycles. The number of halogens is 3. The number of H-pyrrole nitrogens is 1. The Kier molecular flexibility index (Phi) is 6.04. The van der Waals surface area contributed by atoms with Crippen LogP contribution in [0, 0.1) is 23.1 Å². The Hall–Kier alpha value is -3.32. The Balaban J connectivity index is 1.29. The van der Waals surface area contributed by atoms with E-state index in [0.717, 1.165) is 5.56 Å². The maximum absolute atomic E-state index is 14.0. The van der Waals surface area contributed by atoms with E-state index in [9.17, 15) is 13.6 Å². The molecule has 5 rings (SSSR count). The normalized spacial score (nSPS) is 20.6. The van der Waals surface area contributed by atoms with Gasteiger partial charge in [-0.05, 0) is 23.8 Å². The smallest absolute Gasteiger partial charge is 0.255 e. The van der Waals surface area contributed by atoms with Crippen molar-refractivity contribution in [3.63, 3.8) is 0 Å². The number of carbonyl (C=O) groups is 1. The number of ether oxygens (including phenoxy) is 1. The molecular weight excluding hydrogens is 464 g/mol. The molecule has 3 aromatic rings. The molecule has 3 heterocycles. The minimum atomic E-state index is -0.614. The average Bonchev–Trinajstić information content (AvgIpc) is 3.29. The molecule has 0 saturated carbocycles. The zero-order valence-electron chi connectivity index (χ0n) is 18.0. The average molecular weight is 484 g/mol. The van der Waals surface area contributed by atoms with E-state index >= 15 is 0 Å². The summed E-state index contributed by atoms with van der Waals surface area (Å²) in [5.41, 5.74) is 1.66. The second-order valence-corrected chi connectivity index (χ2v) is 8.72. The highest BCUT2D eigenvalue weighted by atomic mass is 35.5. The number of hydrogen-bond donors (Lipinski definition) is 1. The number of nitriles is 1. The number of amides is 1. The fraction of sp³-hybridized carbons (Fsp3) is 0.292. The lowest BCUT2D eigenvalue weighted by molar-refractivity contribution is -0.0858. The van der Waals surface area contributed by atoms with Gasteiger partial charge >= 0.3 is 0 Å². The van der Waals surface area contributed by atoms with Crippen molar-refractivity contribution in [3.05, 3.63) is 76.1 Å². The van der Waals surface area contributed by atoms with Crippen LogP contribution in [0.4, 0.5) is 8.78 Å². The Bertz CT molecular complexity index is 1290. The van der Waals surface area contributed by atoms with Gasteiger partial charge in [0.2, 0.25) is 5.95 Å². The largest absolute Gasteiger partial charge is 0.370 e.